The van der Waals surface area contributed by atoms with Gasteiger partial charge in [-0.1, -0.05) is 23.5 Å². The third-order valence-corrected chi connectivity index (χ3v) is 4.75. The predicted octanol–water partition coefficient (Wildman–Crippen LogP) is 4.18. The van der Waals surface area contributed by atoms with Gasteiger partial charge in [0.1, 0.15) is 11.5 Å². The van der Waals surface area contributed by atoms with Crippen molar-refractivity contribution in [3.63, 3.8) is 0 Å². The predicted molar refractivity (Wildman–Crippen MR) is 95.8 cm³/mol. The number of hydrogen-bond donors (Lipinski definition) is 1. The van der Waals surface area contributed by atoms with Gasteiger partial charge in [0.25, 0.3) is 5.91 Å². The monoisotopic (exact) mass is 352 g/mol. The molecule has 0 bridgehead atoms. The summed E-state index contributed by atoms with van der Waals surface area (Å²) in [5, 5.41) is 3.34. The summed E-state index contributed by atoms with van der Waals surface area (Å²) in [6.45, 7) is 1.98. The van der Waals surface area contributed by atoms with Crippen LogP contribution < -0.4 is 5.32 Å². The van der Waals surface area contributed by atoms with Crippen molar-refractivity contribution in [3.8, 4) is 5.69 Å². The van der Waals surface area contributed by atoms with Gasteiger partial charge in [-0.05, 0) is 42.8 Å². The Kier molecular flexibility index (Phi) is 3.77. The molecular formula is C18H13FN4OS. The van der Waals surface area contributed by atoms with Crippen molar-refractivity contribution < 1.29 is 9.18 Å². The minimum Gasteiger partial charge on any atom is -0.296 e. The first-order valence-corrected chi connectivity index (χ1v) is 8.39. The molecule has 124 valence electrons. The number of benzene rings is 2. The fourth-order valence-corrected chi connectivity index (χ4v) is 3.51. The van der Waals surface area contributed by atoms with Gasteiger partial charge in [0, 0.05) is 5.69 Å². The van der Waals surface area contributed by atoms with Gasteiger partial charge in [0.05, 0.1) is 22.7 Å². The van der Waals surface area contributed by atoms with Gasteiger partial charge in [0.15, 0.2) is 5.13 Å². The molecule has 25 heavy (non-hydrogen) atoms. The molecule has 2 aromatic carbocycles. The number of aryl methyl sites for hydroxylation is 1. The Morgan fingerprint density at radius 2 is 2.00 bits per heavy atom. The standard InChI is InChI=1S/C18H13FN4OS/c1-11-3-2-4-15-16(11)21-18(25-15)22-17(24)14-9-20-10-23(14)13-7-5-12(19)6-8-13/h2-10H,1H3,(H,21,22,24). The highest BCUT2D eigenvalue weighted by atomic mass is 32.1. The zero-order valence-electron chi connectivity index (χ0n) is 13.2. The summed E-state index contributed by atoms with van der Waals surface area (Å²) >= 11 is 1.42. The lowest BCUT2D eigenvalue weighted by Crippen LogP contribution is -2.15. The number of hydrogen-bond acceptors (Lipinski definition) is 4. The first-order valence-electron chi connectivity index (χ1n) is 7.57. The number of carbonyl (C=O) groups is 1. The number of imidazole rings is 1. The van der Waals surface area contributed by atoms with Crippen LogP contribution in [0.4, 0.5) is 9.52 Å². The first kappa shape index (κ1) is 15.5. The third kappa shape index (κ3) is 2.89. The highest BCUT2D eigenvalue weighted by molar-refractivity contribution is 7.22. The highest BCUT2D eigenvalue weighted by Crippen LogP contribution is 2.28. The van der Waals surface area contributed by atoms with Crippen LogP contribution in [0, 0.1) is 12.7 Å². The number of aromatic nitrogens is 3. The van der Waals surface area contributed by atoms with E-state index in [9.17, 15) is 9.18 Å². The van der Waals surface area contributed by atoms with Crippen LogP contribution in [0.2, 0.25) is 0 Å². The van der Waals surface area contributed by atoms with E-state index in [-0.39, 0.29) is 11.7 Å². The van der Waals surface area contributed by atoms with Crippen LogP contribution in [0.25, 0.3) is 15.9 Å². The SMILES string of the molecule is Cc1cccc2sc(NC(=O)c3cncn3-c3ccc(F)cc3)nc12. The van der Waals surface area contributed by atoms with Crippen LogP contribution in [0.3, 0.4) is 0 Å². The Labute approximate surface area is 146 Å². The van der Waals surface area contributed by atoms with Gasteiger partial charge in [-0.15, -0.1) is 0 Å². The van der Waals surface area contributed by atoms with Gasteiger partial charge in [0.2, 0.25) is 0 Å². The topological polar surface area (TPSA) is 59.8 Å². The molecule has 0 aliphatic carbocycles. The van der Waals surface area contributed by atoms with Gasteiger partial charge in [-0.2, -0.15) is 0 Å². The fourth-order valence-electron chi connectivity index (χ4n) is 2.57. The minimum atomic E-state index is -0.334. The van der Waals surface area contributed by atoms with E-state index in [4.69, 9.17) is 0 Å². The number of fused-ring (bicyclic) bond motifs is 1. The Bertz CT molecular complexity index is 1070. The average Bonchev–Trinajstić information content (AvgIpc) is 3.23. The molecule has 4 rings (SSSR count). The summed E-state index contributed by atoms with van der Waals surface area (Å²) in [5.74, 6) is -0.654. The fraction of sp³-hybridized carbons (Fsp3) is 0.0556. The maximum Gasteiger partial charge on any atom is 0.276 e. The number of nitrogens with zero attached hydrogens (tertiary/aromatic N) is 3. The third-order valence-electron chi connectivity index (χ3n) is 3.82. The molecule has 0 aliphatic heterocycles. The molecule has 0 atom stereocenters. The molecule has 0 saturated heterocycles. The van der Waals surface area contributed by atoms with Crippen LogP contribution in [-0.4, -0.2) is 20.4 Å². The molecule has 7 heteroatoms. The van der Waals surface area contributed by atoms with Gasteiger partial charge >= 0.3 is 0 Å². The molecule has 0 saturated carbocycles. The van der Waals surface area contributed by atoms with Crippen molar-refractivity contribution in [1.29, 1.82) is 0 Å². The van der Waals surface area contributed by atoms with E-state index in [0.29, 0.717) is 16.5 Å². The molecule has 0 aliphatic rings. The second-order valence-corrected chi connectivity index (χ2v) is 6.55. The molecule has 5 nitrogen and oxygen atoms in total. The molecule has 0 fully saturated rings. The van der Waals surface area contributed by atoms with E-state index in [1.54, 1.807) is 16.7 Å². The Morgan fingerprint density at radius 1 is 1.20 bits per heavy atom. The average molecular weight is 352 g/mol. The molecule has 2 heterocycles. The summed E-state index contributed by atoms with van der Waals surface area (Å²) < 4.78 is 15.7. The maximum absolute atomic E-state index is 13.1. The number of halogens is 1. The van der Waals surface area contributed by atoms with Crippen LogP contribution in [0.15, 0.2) is 55.0 Å². The van der Waals surface area contributed by atoms with Crippen molar-refractivity contribution in [2.24, 2.45) is 0 Å². The zero-order valence-corrected chi connectivity index (χ0v) is 14.0. The second kappa shape index (κ2) is 6.10. The highest BCUT2D eigenvalue weighted by Gasteiger charge is 2.15. The quantitative estimate of drug-likeness (QED) is 0.602. The summed E-state index contributed by atoms with van der Waals surface area (Å²) in [6.07, 6.45) is 2.99. The summed E-state index contributed by atoms with van der Waals surface area (Å²) in [6, 6.07) is 11.8. The number of rotatable bonds is 3. The Hall–Kier alpha value is -3.06. The first-order chi connectivity index (χ1) is 12.1. The summed E-state index contributed by atoms with van der Waals surface area (Å²) in [4.78, 5) is 21.1. The summed E-state index contributed by atoms with van der Waals surface area (Å²) in [5.41, 5.74) is 2.95. The lowest BCUT2D eigenvalue weighted by molar-refractivity contribution is 0.102. The molecule has 1 N–H and O–H groups in total. The van der Waals surface area contributed by atoms with E-state index in [2.05, 4.69) is 15.3 Å². The zero-order chi connectivity index (χ0) is 17.4. The van der Waals surface area contributed by atoms with Gasteiger partial charge < -0.3 is 0 Å². The van der Waals surface area contributed by atoms with Crippen LogP contribution in [0.5, 0.6) is 0 Å². The number of thiazole rings is 1. The Morgan fingerprint density at radius 3 is 2.76 bits per heavy atom. The van der Waals surface area contributed by atoms with Crippen LogP contribution in [-0.2, 0) is 0 Å². The smallest absolute Gasteiger partial charge is 0.276 e. The number of carbonyl (C=O) groups excluding carboxylic acids is 1. The van der Waals surface area contributed by atoms with Crippen LogP contribution in [0.1, 0.15) is 16.1 Å². The van der Waals surface area contributed by atoms with Crippen molar-refractivity contribution >= 4 is 32.6 Å². The second-order valence-electron chi connectivity index (χ2n) is 5.52. The van der Waals surface area contributed by atoms with E-state index >= 15 is 0 Å². The van der Waals surface area contributed by atoms with Crippen molar-refractivity contribution in [1.82, 2.24) is 14.5 Å². The molecule has 1 amide bonds. The number of para-hydroxylation sites is 1. The van der Waals surface area contributed by atoms with Crippen molar-refractivity contribution in [2.75, 3.05) is 5.32 Å². The van der Waals surface area contributed by atoms with Crippen LogP contribution >= 0.6 is 11.3 Å². The van der Waals surface area contributed by atoms with Crippen molar-refractivity contribution in [2.45, 2.75) is 6.92 Å². The number of anilines is 1. The van der Waals surface area contributed by atoms with E-state index < -0.39 is 0 Å². The molecule has 0 radical (unpaired) electrons. The summed E-state index contributed by atoms with van der Waals surface area (Å²) in [7, 11) is 0. The molecule has 0 unspecified atom stereocenters. The van der Waals surface area contributed by atoms with Gasteiger partial charge in [-0.3, -0.25) is 14.7 Å². The van der Waals surface area contributed by atoms with Gasteiger partial charge in [-0.25, -0.2) is 14.4 Å². The van der Waals surface area contributed by atoms with E-state index in [1.807, 2.05) is 25.1 Å². The molecule has 4 aromatic rings. The van der Waals surface area contributed by atoms with E-state index in [1.165, 1.54) is 36.0 Å². The largest absolute Gasteiger partial charge is 0.296 e. The molecule has 2 aromatic heterocycles. The van der Waals surface area contributed by atoms with Crippen molar-refractivity contribution in [3.05, 3.63) is 72.1 Å². The van der Waals surface area contributed by atoms with E-state index in [0.717, 1.165) is 15.8 Å². The normalized spacial score (nSPS) is 11.0. The lowest BCUT2D eigenvalue weighted by atomic mass is 10.2. The Balaban J connectivity index is 1.64. The molecule has 0 spiro atoms. The minimum absolute atomic E-state index is 0.321. The maximum atomic E-state index is 13.1. The molecular weight excluding hydrogens is 339 g/mol. The number of amides is 1. The lowest BCUT2D eigenvalue weighted by Gasteiger charge is -2.07. The number of nitrogens with one attached hydrogen (secondary N) is 1.